The molecule has 106 valence electrons. The van der Waals surface area contributed by atoms with Crippen molar-refractivity contribution in [2.75, 3.05) is 32.7 Å². The highest BCUT2D eigenvalue weighted by atomic mass is 16.2. The molecule has 2 aliphatic rings. The normalized spacial score (nSPS) is 19.9. The number of carbonyl (C=O) groups is 3. The Kier molecular flexibility index (Phi) is 4.36. The molecule has 0 unspecified atom stereocenters. The Morgan fingerprint density at radius 3 is 2.26 bits per heavy atom. The lowest BCUT2D eigenvalue weighted by Crippen LogP contribution is -2.52. The third-order valence-electron chi connectivity index (χ3n) is 3.35. The minimum Gasteiger partial charge on any atom is -0.340 e. The van der Waals surface area contributed by atoms with Gasteiger partial charge >= 0.3 is 6.03 Å². The standard InChI is InChI=1S/C12H20N4O3/c1-9(17)16-6-4-15(5-7-16)8-11(18)14-12(19)13-10-2-3-10/h10H,2-8H2,1H3,(H2,13,14,18,19). The van der Waals surface area contributed by atoms with E-state index in [1.807, 2.05) is 4.90 Å². The fourth-order valence-corrected chi connectivity index (χ4v) is 2.04. The van der Waals surface area contributed by atoms with Crippen molar-refractivity contribution in [3.63, 3.8) is 0 Å². The Labute approximate surface area is 112 Å². The molecule has 1 aliphatic heterocycles. The lowest BCUT2D eigenvalue weighted by Gasteiger charge is -2.33. The molecular weight excluding hydrogens is 248 g/mol. The van der Waals surface area contributed by atoms with E-state index in [1.165, 1.54) is 0 Å². The van der Waals surface area contributed by atoms with Crippen molar-refractivity contribution in [3.8, 4) is 0 Å². The molecule has 1 saturated carbocycles. The number of rotatable bonds is 3. The van der Waals surface area contributed by atoms with Gasteiger partial charge in [0.1, 0.15) is 0 Å². The number of piperazine rings is 1. The van der Waals surface area contributed by atoms with E-state index in [0.29, 0.717) is 26.2 Å². The molecular formula is C12H20N4O3. The topological polar surface area (TPSA) is 81.8 Å². The van der Waals surface area contributed by atoms with Crippen LogP contribution >= 0.6 is 0 Å². The summed E-state index contributed by atoms with van der Waals surface area (Å²) < 4.78 is 0. The minimum atomic E-state index is -0.408. The molecule has 2 N–H and O–H groups in total. The molecule has 0 aromatic carbocycles. The van der Waals surface area contributed by atoms with Crippen molar-refractivity contribution in [1.29, 1.82) is 0 Å². The quantitative estimate of drug-likeness (QED) is 0.698. The van der Waals surface area contributed by atoms with Gasteiger partial charge in [-0.25, -0.2) is 4.79 Å². The molecule has 0 atom stereocenters. The SMILES string of the molecule is CC(=O)N1CCN(CC(=O)NC(=O)NC2CC2)CC1. The maximum atomic E-state index is 11.6. The maximum Gasteiger partial charge on any atom is 0.321 e. The van der Waals surface area contributed by atoms with E-state index < -0.39 is 6.03 Å². The van der Waals surface area contributed by atoms with Gasteiger partial charge in [-0.15, -0.1) is 0 Å². The third kappa shape index (κ3) is 4.51. The van der Waals surface area contributed by atoms with Crippen LogP contribution in [0, 0.1) is 0 Å². The van der Waals surface area contributed by atoms with Crippen LogP contribution in [0.5, 0.6) is 0 Å². The molecule has 1 aliphatic carbocycles. The summed E-state index contributed by atoms with van der Waals surface area (Å²) >= 11 is 0. The molecule has 0 radical (unpaired) electrons. The van der Waals surface area contributed by atoms with Crippen molar-refractivity contribution < 1.29 is 14.4 Å². The summed E-state index contributed by atoms with van der Waals surface area (Å²) in [6.45, 7) is 4.34. The lowest BCUT2D eigenvalue weighted by atomic mass is 10.3. The Morgan fingerprint density at radius 2 is 1.74 bits per heavy atom. The van der Waals surface area contributed by atoms with Gasteiger partial charge in [-0.2, -0.15) is 0 Å². The summed E-state index contributed by atoms with van der Waals surface area (Å²) in [6, 6.07) is -0.165. The summed E-state index contributed by atoms with van der Waals surface area (Å²) in [4.78, 5) is 37.9. The molecule has 4 amide bonds. The lowest BCUT2D eigenvalue weighted by molar-refractivity contribution is -0.130. The molecule has 1 saturated heterocycles. The van der Waals surface area contributed by atoms with Crippen molar-refractivity contribution in [3.05, 3.63) is 0 Å². The Morgan fingerprint density at radius 1 is 1.11 bits per heavy atom. The molecule has 19 heavy (non-hydrogen) atoms. The Hall–Kier alpha value is -1.63. The average Bonchev–Trinajstić information content (AvgIpc) is 3.13. The van der Waals surface area contributed by atoms with E-state index in [2.05, 4.69) is 10.6 Å². The highest BCUT2D eigenvalue weighted by Gasteiger charge is 2.25. The monoisotopic (exact) mass is 268 g/mol. The van der Waals surface area contributed by atoms with Gasteiger partial charge in [-0.1, -0.05) is 0 Å². The minimum absolute atomic E-state index is 0.0629. The van der Waals surface area contributed by atoms with Crippen LogP contribution in [-0.2, 0) is 9.59 Å². The molecule has 2 fully saturated rings. The Bertz CT molecular complexity index is 373. The highest BCUT2D eigenvalue weighted by molar-refractivity contribution is 5.95. The number of urea groups is 1. The molecule has 1 heterocycles. The van der Waals surface area contributed by atoms with Crippen LogP contribution in [0.4, 0.5) is 4.79 Å². The van der Waals surface area contributed by atoms with Gasteiger partial charge in [0.05, 0.1) is 6.54 Å². The maximum absolute atomic E-state index is 11.6. The van der Waals surface area contributed by atoms with Crippen LogP contribution in [0.25, 0.3) is 0 Å². The van der Waals surface area contributed by atoms with Crippen molar-refractivity contribution >= 4 is 17.8 Å². The second-order valence-corrected chi connectivity index (χ2v) is 5.08. The molecule has 0 bridgehead atoms. The van der Waals surface area contributed by atoms with Gasteiger partial charge in [0.2, 0.25) is 11.8 Å². The van der Waals surface area contributed by atoms with Crippen LogP contribution in [-0.4, -0.2) is 66.4 Å². The zero-order chi connectivity index (χ0) is 13.8. The van der Waals surface area contributed by atoms with Gasteiger partial charge in [0, 0.05) is 39.1 Å². The molecule has 0 aromatic heterocycles. The van der Waals surface area contributed by atoms with Gasteiger partial charge in [0.25, 0.3) is 0 Å². The largest absolute Gasteiger partial charge is 0.340 e. The average molecular weight is 268 g/mol. The van der Waals surface area contributed by atoms with E-state index in [1.54, 1.807) is 11.8 Å². The van der Waals surface area contributed by atoms with Crippen LogP contribution < -0.4 is 10.6 Å². The molecule has 2 rings (SSSR count). The van der Waals surface area contributed by atoms with E-state index in [4.69, 9.17) is 0 Å². The summed E-state index contributed by atoms with van der Waals surface area (Å²) in [5.74, 6) is -0.234. The van der Waals surface area contributed by atoms with Crippen molar-refractivity contribution in [1.82, 2.24) is 20.4 Å². The summed E-state index contributed by atoms with van der Waals surface area (Å²) in [7, 11) is 0. The predicted molar refractivity (Wildman–Crippen MR) is 68.4 cm³/mol. The fraction of sp³-hybridized carbons (Fsp3) is 0.750. The van der Waals surface area contributed by atoms with Gasteiger partial charge < -0.3 is 10.2 Å². The van der Waals surface area contributed by atoms with Crippen LogP contribution in [0.2, 0.25) is 0 Å². The highest BCUT2D eigenvalue weighted by Crippen LogP contribution is 2.18. The van der Waals surface area contributed by atoms with Crippen molar-refractivity contribution in [2.45, 2.75) is 25.8 Å². The number of nitrogens with zero attached hydrogens (tertiary/aromatic N) is 2. The first kappa shape index (κ1) is 13.8. The summed E-state index contributed by atoms with van der Waals surface area (Å²) in [5, 5.41) is 5.02. The first-order valence-electron chi connectivity index (χ1n) is 6.63. The fourth-order valence-electron chi connectivity index (χ4n) is 2.04. The van der Waals surface area contributed by atoms with Gasteiger partial charge in [-0.05, 0) is 12.8 Å². The van der Waals surface area contributed by atoms with Gasteiger partial charge in [0.15, 0.2) is 0 Å². The van der Waals surface area contributed by atoms with Crippen LogP contribution in [0.3, 0.4) is 0 Å². The molecule has 7 nitrogen and oxygen atoms in total. The second kappa shape index (κ2) is 6.01. The summed E-state index contributed by atoms with van der Waals surface area (Å²) in [6.07, 6.45) is 1.99. The zero-order valence-electron chi connectivity index (χ0n) is 11.1. The number of imide groups is 1. The smallest absolute Gasteiger partial charge is 0.321 e. The first-order chi connectivity index (χ1) is 9.04. The zero-order valence-corrected chi connectivity index (χ0v) is 11.1. The summed E-state index contributed by atoms with van der Waals surface area (Å²) in [5.41, 5.74) is 0. The van der Waals surface area contributed by atoms with Crippen molar-refractivity contribution in [2.24, 2.45) is 0 Å². The predicted octanol–water partition coefficient (Wildman–Crippen LogP) is -0.861. The number of amides is 4. The third-order valence-corrected chi connectivity index (χ3v) is 3.35. The number of carbonyl (C=O) groups excluding carboxylic acids is 3. The number of hydrogen-bond acceptors (Lipinski definition) is 4. The number of nitrogens with one attached hydrogen (secondary N) is 2. The van der Waals surface area contributed by atoms with Gasteiger partial charge in [-0.3, -0.25) is 19.8 Å². The molecule has 0 aromatic rings. The van der Waals surface area contributed by atoms with E-state index in [9.17, 15) is 14.4 Å². The van der Waals surface area contributed by atoms with E-state index >= 15 is 0 Å². The molecule has 7 heteroatoms. The van der Waals surface area contributed by atoms with E-state index in [-0.39, 0.29) is 24.4 Å². The first-order valence-corrected chi connectivity index (χ1v) is 6.63. The van der Waals surface area contributed by atoms with Crippen LogP contribution in [0.1, 0.15) is 19.8 Å². The number of hydrogen-bond donors (Lipinski definition) is 2. The van der Waals surface area contributed by atoms with Crippen LogP contribution in [0.15, 0.2) is 0 Å². The Balaban J connectivity index is 1.65. The molecule has 0 spiro atoms. The van der Waals surface area contributed by atoms with E-state index in [0.717, 1.165) is 12.8 Å². The second-order valence-electron chi connectivity index (χ2n) is 5.08.